The van der Waals surface area contributed by atoms with Crippen LogP contribution in [0.15, 0.2) is 0 Å². The molecule has 1 N–H and O–H groups in total. The molecule has 0 saturated heterocycles. The maximum atomic E-state index is 4.59. The number of hydrogen-bond acceptors (Lipinski definition) is 2. The molecule has 3 heteroatoms. The molecule has 0 amide bonds. The maximum Gasteiger partial charge on any atom is 0.106 e. The number of nitrogens with one attached hydrogen (secondary N) is 1. The summed E-state index contributed by atoms with van der Waals surface area (Å²) in [6.07, 6.45) is 3.35. The van der Waals surface area contributed by atoms with Crippen LogP contribution in [0.4, 0.5) is 0 Å². The average Bonchev–Trinajstić information content (AvgIpc) is 2.46. The van der Waals surface area contributed by atoms with Crippen LogP contribution in [0.5, 0.6) is 0 Å². The van der Waals surface area contributed by atoms with Gasteiger partial charge in [-0.1, -0.05) is 6.92 Å². The van der Waals surface area contributed by atoms with Crippen molar-refractivity contribution >= 4 is 0 Å². The zero-order valence-electron chi connectivity index (χ0n) is 8.43. The smallest absolute Gasteiger partial charge is 0.106 e. The van der Waals surface area contributed by atoms with Crippen molar-refractivity contribution < 1.29 is 0 Å². The van der Waals surface area contributed by atoms with Crippen molar-refractivity contribution in [2.24, 2.45) is 0 Å². The van der Waals surface area contributed by atoms with Gasteiger partial charge in [0.25, 0.3) is 0 Å². The van der Waals surface area contributed by atoms with Gasteiger partial charge >= 0.3 is 0 Å². The van der Waals surface area contributed by atoms with Crippen molar-refractivity contribution in [3.8, 4) is 0 Å². The minimum absolute atomic E-state index is 1.03. The summed E-state index contributed by atoms with van der Waals surface area (Å²) < 4.78 is 0. The first kappa shape index (κ1) is 8.75. The highest BCUT2D eigenvalue weighted by atomic mass is 15.1. The van der Waals surface area contributed by atoms with E-state index < -0.39 is 0 Å². The molecule has 0 radical (unpaired) electrons. The van der Waals surface area contributed by atoms with Gasteiger partial charge in [-0.2, -0.15) is 0 Å². The Kier molecular flexibility index (Phi) is 2.36. The van der Waals surface area contributed by atoms with Crippen molar-refractivity contribution in [3.63, 3.8) is 0 Å². The first-order valence-electron chi connectivity index (χ1n) is 5.04. The molecule has 1 aliphatic heterocycles. The highest BCUT2D eigenvalue weighted by Crippen LogP contribution is 2.15. The molecular weight excluding hydrogens is 162 g/mol. The summed E-state index contributed by atoms with van der Waals surface area (Å²) in [6, 6.07) is 0. The minimum Gasteiger partial charge on any atom is -0.345 e. The topological polar surface area (TPSA) is 31.9 Å². The lowest BCUT2D eigenvalue weighted by Gasteiger charge is -2.20. The Morgan fingerprint density at radius 3 is 3.15 bits per heavy atom. The monoisotopic (exact) mass is 179 g/mol. The minimum atomic E-state index is 1.03. The van der Waals surface area contributed by atoms with Crippen molar-refractivity contribution in [2.75, 3.05) is 13.6 Å². The van der Waals surface area contributed by atoms with E-state index in [0.717, 1.165) is 25.9 Å². The van der Waals surface area contributed by atoms with Gasteiger partial charge in [0.1, 0.15) is 5.82 Å². The fourth-order valence-corrected chi connectivity index (χ4v) is 1.84. The quantitative estimate of drug-likeness (QED) is 0.743. The van der Waals surface area contributed by atoms with E-state index in [1.54, 1.807) is 0 Å². The first-order chi connectivity index (χ1) is 6.29. The summed E-state index contributed by atoms with van der Waals surface area (Å²) in [5.74, 6) is 1.17. The third kappa shape index (κ3) is 1.75. The van der Waals surface area contributed by atoms with Gasteiger partial charge in [-0.15, -0.1) is 0 Å². The molecule has 2 heterocycles. The van der Waals surface area contributed by atoms with E-state index in [0.29, 0.717) is 0 Å². The SMILES string of the molecule is CCCc1nc2c([nH]1)CN(C)CC2. The number of fused-ring (bicyclic) bond motifs is 1. The molecule has 0 unspecified atom stereocenters. The molecule has 0 aliphatic carbocycles. The molecule has 0 fully saturated rings. The Bertz CT molecular complexity index is 290. The molecule has 0 aromatic carbocycles. The molecule has 0 saturated carbocycles. The molecule has 2 rings (SSSR count). The molecule has 72 valence electrons. The van der Waals surface area contributed by atoms with Gasteiger partial charge in [-0.3, -0.25) is 0 Å². The lowest BCUT2D eigenvalue weighted by atomic mass is 10.2. The molecule has 3 nitrogen and oxygen atoms in total. The largest absolute Gasteiger partial charge is 0.345 e. The van der Waals surface area contributed by atoms with Crippen molar-refractivity contribution in [1.29, 1.82) is 0 Å². The lowest BCUT2D eigenvalue weighted by molar-refractivity contribution is 0.307. The Morgan fingerprint density at radius 1 is 1.54 bits per heavy atom. The molecular formula is C10H17N3. The van der Waals surface area contributed by atoms with E-state index in [-0.39, 0.29) is 0 Å². The third-order valence-electron chi connectivity index (χ3n) is 2.56. The van der Waals surface area contributed by atoms with Crippen molar-refractivity contribution in [1.82, 2.24) is 14.9 Å². The number of nitrogens with zero attached hydrogens (tertiary/aromatic N) is 2. The van der Waals surface area contributed by atoms with Gasteiger partial charge in [0, 0.05) is 25.9 Å². The Morgan fingerprint density at radius 2 is 2.38 bits per heavy atom. The van der Waals surface area contributed by atoms with Crippen LogP contribution in [0.2, 0.25) is 0 Å². The van der Waals surface area contributed by atoms with Crippen molar-refractivity contribution in [3.05, 3.63) is 17.2 Å². The van der Waals surface area contributed by atoms with Gasteiger partial charge in [0.2, 0.25) is 0 Å². The standard InChI is InChI=1S/C10H17N3/c1-3-4-10-11-8-5-6-13(2)7-9(8)12-10/h3-7H2,1-2H3,(H,11,12). The van der Waals surface area contributed by atoms with Crippen LogP contribution in [0.1, 0.15) is 30.6 Å². The van der Waals surface area contributed by atoms with Gasteiger partial charge in [-0.25, -0.2) is 4.98 Å². The summed E-state index contributed by atoms with van der Waals surface area (Å²) in [5.41, 5.74) is 2.62. The number of aromatic amines is 1. The summed E-state index contributed by atoms with van der Waals surface area (Å²) in [7, 11) is 2.16. The molecule has 1 aromatic rings. The highest BCUT2D eigenvalue weighted by Gasteiger charge is 2.16. The molecule has 0 bridgehead atoms. The fraction of sp³-hybridized carbons (Fsp3) is 0.700. The van der Waals surface area contributed by atoms with Crippen LogP contribution in [-0.4, -0.2) is 28.5 Å². The van der Waals surface area contributed by atoms with Crippen molar-refractivity contribution in [2.45, 2.75) is 32.7 Å². The maximum absolute atomic E-state index is 4.59. The Labute approximate surface area is 79.2 Å². The van der Waals surface area contributed by atoms with E-state index in [1.165, 1.54) is 23.6 Å². The summed E-state index contributed by atoms with van der Waals surface area (Å²) in [6.45, 7) is 4.36. The third-order valence-corrected chi connectivity index (χ3v) is 2.56. The Balaban J connectivity index is 2.18. The zero-order valence-corrected chi connectivity index (χ0v) is 8.43. The number of aromatic nitrogens is 2. The predicted molar refractivity (Wildman–Crippen MR) is 52.6 cm³/mol. The van der Waals surface area contributed by atoms with Crippen LogP contribution < -0.4 is 0 Å². The van der Waals surface area contributed by atoms with Gasteiger partial charge in [0.05, 0.1) is 11.4 Å². The number of H-pyrrole nitrogens is 1. The van der Waals surface area contributed by atoms with Crippen LogP contribution in [0, 0.1) is 0 Å². The van der Waals surface area contributed by atoms with Gasteiger partial charge in [0.15, 0.2) is 0 Å². The van der Waals surface area contributed by atoms with E-state index in [9.17, 15) is 0 Å². The Hall–Kier alpha value is -0.830. The second kappa shape index (κ2) is 3.50. The average molecular weight is 179 g/mol. The van der Waals surface area contributed by atoms with E-state index >= 15 is 0 Å². The molecule has 0 atom stereocenters. The summed E-state index contributed by atoms with van der Waals surface area (Å²) in [5, 5.41) is 0. The second-order valence-corrected chi connectivity index (χ2v) is 3.85. The number of rotatable bonds is 2. The fourth-order valence-electron chi connectivity index (χ4n) is 1.84. The van der Waals surface area contributed by atoms with Crippen LogP contribution in [-0.2, 0) is 19.4 Å². The molecule has 0 spiro atoms. The van der Waals surface area contributed by atoms with Gasteiger partial charge in [-0.05, 0) is 13.5 Å². The number of imidazole rings is 1. The van der Waals surface area contributed by atoms with Crippen LogP contribution >= 0.6 is 0 Å². The first-order valence-corrected chi connectivity index (χ1v) is 5.04. The number of likely N-dealkylation sites (N-methyl/N-ethyl adjacent to an activating group) is 1. The van der Waals surface area contributed by atoms with Crippen LogP contribution in [0.25, 0.3) is 0 Å². The number of aryl methyl sites for hydroxylation is 1. The zero-order chi connectivity index (χ0) is 9.26. The second-order valence-electron chi connectivity index (χ2n) is 3.85. The molecule has 13 heavy (non-hydrogen) atoms. The predicted octanol–water partition coefficient (Wildman–Crippen LogP) is 1.35. The van der Waals surface area contributed by atoms with Gasteiger partial charge < -0.3 is 9.88 Å². The summed E-state index contributed by atoms with van der Waals surface area (Å²) >= 11 is 0. The number of hydrogen-bond donors (Lipinski definition) is 1. The highest BCUT2D eigenvalue weighted by molar-refractivity contribution is 5.17. The van der Waals surface area contributed by atoms with E-state index in [4.69, 9.17) is 0 Å². The molecule has 1 aliphatic rings. The normalized spacial score (nSPS) is 17.4. The van der Waals surface area contributed by atoms with E-state index in [1.807, 2.05) is 0 Å². The van der Waals surface area contributed by atoms with Crippen LogP contribution in [0.3, 0.4) is 0 Å². The summed E-state index contributed by atoms with van der Waals surface area (Å²) in [4.78, 5) is 10.3. The molecule has 1 aromatic heterocycles. The lowest BCUT2D eigenvalue weighted by Crippen LogP contribution is -2.26. The van der Waals surface area contributed by atoms with E-state index in [2.05, 4.69) is 28.8 Å².